The van der Waals surface area contributed by atoms with E-state index in [-0.39, 0.29) is 0 Å². The number of pyridine rings is 1. The van der Waals surface area contributed by atoms with Gasteiger partial charge in [0.2, 0.25) is 0 Å². The number of anilines is 1. The lowest BCUT2D eigenvalue weighted by molar-refractivity contribution is -0.00898. The van der Waals surface area contributed by atoms with Crippen LogP contribution in [0.5, 0.6) is 0 Å². The zero-order chi connectivity index (χ0) is 11.7. The van der Waals surface area contributed by atoms with E-state index in [1.54, 1.807) is 6.20 Å². The second-order valence-electron chi connectivity index (χ2n) is 4.79. The quantitative estimate of drug-likeness (QED) is 0.769. The van der Waals surface area contributed by atoms with Crippen LogP contribution >= 0.6 is 11.6 Å². The molecule has 0 bridgehead atoms. The van der Waals surface area contributed by atoms with Crippen LogP contribution in [0.3, 0.4) is 0 Å². The van der Waals surface area contributed by atoms with E-state index in [0.717, 1.165) is 19.0 Å². The highest BCUT2D eigenvalue weighted by molar-refractivity contribution is 6.30. The number of ether oxygens (including phenoxy) is 1. The van der Waals surface area contributed by atoms with E-state index in [0.29, 0.717) is 17.2 Å². The average molecular weight is 253 g/mol. The molecule has 3 rings (SSSR count). The van der Waals surface area contributed by atoms with Gasteiger partial charge in [-0.25, -0.2) is 4.98 Å². The standard InChI is InChI=1S/C13H17ClN2O/c14-10-5-6-13(15-9-10)16-7-8-17-12-4-2-1-3-11(12)16/h5-6,9,11-12H,1-4,7-8H2. The summed E-state index contributed by atoms with van der Waals surface area (Å²) < 4.78 is 5.86. The average Bonchev–Trinajstić information content (AvgIpc) is 2.39. The number of morpholine rings is 1. The van der Waals surface area contributed by atoms with Crippen LogP contribution in [0.25, 0.3) is 0 Å². The Morgan fingerprint density at radius 2 is 2.18 bits per heavy atom. The number of hydrogen-bond acceptors (Lipinski definition) is 3. The zero-order valence-electron chi connectivity index (χ0n) is 9.81. The third-order valence-corrected chi connectivity index (χ3v) is 3.96. The molecule has 1 saturated heterocycles. The number of aromatic nitrogens is 1. The van der Waals surface area contributed by atoms with E-state index in [2.05, 4.69) is 9.88 Å². The molecule has 0 radical (unpaired) electrons. The molecule has 2 aliphatic rings. The van der Waals surface area contributed by atoms with Crippen molar-refractivity contribution in [3.63, 3.8) is 0 Å². The first kappa shape index (κ1) is 11.3. The first-order chi connectivity index (χ1) is 8.34. The topological polar surface area (TPSA) is 25.4 Å². The molecular weight excluding hydrogens is 236 g/mol. The maximum atomic E-state index is 5.88. The predicted molar refractivity (Wildman–Crippen MR) is 68.6 cm³/mol. The molecule has 1 aliphatic carbocycles. The monoisotopic (exact) mass is 252 g/mol. The molecule has 1 aliphatic heterocycles. The Hall–Kier alpha value is -0.800. The summed E-state index contributed by atoms with van der Waals surface area (Å²) in [7, 11) is 0. The lowest BCUT2D eigenvalue weighted by atomic mass is 9.90. The second kappa shape index (κ2) is 4.83. The molecule has 1 saturated carbocycles. The summed E-state index contributed by atoms with van der Waals surface area (Å²) in [6, 6.07) is 4.43. The molecule has 1 aromatic rings. The molecule has 1 aromatic heterocycles. The Kier molecular flexibility index (Phi) is 3.21. The van der Waals surface area contributed by atoms with Crippen LogP contribution in [0.4, 0.5) is 5.82 Å². The van der Waals surface area contributed by atoms with Crippen LogP contribution in [0.15, 0.2) is 18.3 Å². The minimum absolute atomic E-state index is 0.398. The van der Waals surface area contributed by atoms with E-state index in [1.165, 1.54) is 25.7 Å². The largest absolute Gasteiger partial charge is 0.374 e. The Labute approximate surface area is 107 Å². The molecule has 2 unspecified atom stereocenters. The van der Waals surface area contributed by atoms with Gasteiger partial charge in [0.25, 0.3) is 0 Å². The summed E-state index contributed by atoms with van der Waals surface area (Å²) >= 11 is 5.88. The summed E-state index contributed by atoms with van der Waals surface area (Å²) in [6.45, 7) is 1.75. The highest BCUT2D eigenvalue weighted by Crippen LogP contribution is 2.31. The van der Waals surface area contributed by atoms with Crippen LogP contribution < -0.4 is 4.90 Å². The smallest absolute Gasteiger partial charge is 0.128 e. The molecule has 2 atom stereocenters. The highest BCUT2D eigenvalue weighted by Gasteiger charge is 2.34. The summed E-state index contributed by atoms with van der Waals surface area (Å²) in [5.41, 5.74) is 0. The second-order valence-corrected chi connectivity index (χ2v) is 5.23. The van der Waals surface area contributed by atoms with Crippen molar-refractivity contribution in [3.8, 4) is 0 Å². The van der Waals surface area contributed by atoms with Gasteiger partial charge in [0, 0.05) is 12.7 Å². The van der Waals surface area contributed by atoms with Gasteiger partial charge in [0.1, 0.15) is 5.82 Å². The first-order valence-electron chi connectivity index (χ1n) is 6.34. The molecule has 0 aromatic carbocycles. The Morgan fingerprint density at radius 1 is 1.29 bits per heavy atom. The molecule has 92 valence electrons. The van der Waals surface area contributed by atoms with Crippen LogP contribution in [0.2, 0.25) is 5.02 Å². The maximum Gasteiger partial charge on any atom is 0.128 e. The van der Waals surface area contributed by atoms with Crippen molar-refractivity contribution < 1.29 is 4.74 Å². The molecule has 3 nitrogen and oxygen atoms in total. The fourth-order valence-corrected chi connectivity index (χ4v) is 3.03. The van der Waals surface area contributed by atoms with Gasteiger partial charge in [0.05, 0.1) is 23.8 Å². The van der Waals surface area contributed by atoms with Gasteiger partial charge >= 0.3 is 0 Å². The fraction of sp³-hybridized carbons (Fsp3) is 0.615. The Balaban J connectivity index is 1.83. The Morgan fingerprint density at radius 3 is 3.00 bits per heavy atom. The minimum atomic E-state index is 0.398. The van der Waals surface area contributed by atoms with Crippen LogP contribution in [0, 0.1) is 0 Å². The molecule has 2 heterocycles. The first-order valence-corrected chi connectivity index (χ1v) is 6.72. The van der Waals surface area contributed by atoms with Crippen molar-refractivity contribution in [2.75, 3.05) is 18.1 Å². The van der Waals surface area contributed by atoms with Crippen molar-refractivity contribution in [3.05, 3.63) is 23.4 Å². The summed E-state index contributed by atoms with van der Waals surface area (Å²) in [4.78, 5) is 6.82. The number of fused-ring (bicyclic) bond motifs is 1. The molecule has 0 amide bonds. The summed E-state index contributed by atoms with van der Waals surface area (Å²) in [5, 5.41) is 0.696. The van der Waals surface area contributed by atoms with Gasteiger partial charge in [0.15, 0.2) is 0 Å². The predicted octanol–water partition coefficient (Wildman–Crippen LogP) is 2.88. The van der Waals surface area contributed by atoms with Crippen molar-refractivity contribution in [1.82, 2.24) is 4.98 Å². The van der Waals surface area contributed by atoms with E-state index >= 15 is 0 Å². The fourth-order valence-electron chi connectivity index (χ4n) is 2.92. The van der Waals surface area contributed by atoms with Crippen LogP contribution in [-0.4, -0.2) is 30.3 Å². The minimum Gasteiger partial charge on any atom is -0.374 e. The molecule has 0 spiro atoms. The van der Waals surface area contributed by atoms with E-state index < -0.39 is 0 Å². The third-order valence-electron chi connectivity index (χ3n) is 3.74. The normalized spacial score (nSPS) is 28.9. The van der Waals surface area contributed by atoms with Gasteiger partial charge in [-0.3, -0.25) is 0 Å². The summed E-state index contributed by atoms with van der Waals surface area (Å²) in [5.74, 6) is 1.04. The van der Waals surface area contributed by atoms with Gasteiger partial charge in [-0.1, -0.05) is 24.4 Å². The van der Waals surface area contributed by atoms with Crippen molar-refractivity contribution in [1.29, 1.82) is 0 Å². The lowest BCUT2D eigenvalue weighted by Gasteiger charge is -2.44. The molecular formula is C13H17ClN2O. The highest BCUT2D eigenvalue weighted by atomic mass is 35.5. The number of halogens is 1. The van der Waals surface area contributed by atoms with Crippen molar-refractivity contribution in [2.45, 2.75) is 37.8 Å². The number of rotatable bonds is 1. The molecule has 17 heavy (non-hydrogen) atoms. The van der Waals surface area contributed by atoms with E-state index in [9.17, 15) is 0 Å². The van der Waals surface area contributed by atoms with Gasteiger partial charge in [-0.05, 0) is 25.0 Å². The Bertz CT molecular complexity index is 380. The zero-order valence-corrected chi connectivity index (χ0v) is 10.6. The van der Waals surface area contributed by atoms with Gasteiger partial charge in [-0.15, -0.1) is 0 Å². The van der Waals surface area contributed by atoms with Gasteiger partial charge < -0.3 is 9.64 Å². The summed E-state index contributed by atoms with van der Waals surface area (Å²) in [6.07, 6.45) is 7.13. The number of nitrogens with zero attached hydrogens (tertiary/aromatic N) is 2. The third kappa shape index (κ3) is 2.26. The number of hydrogen-bond donors (Lipinski definition) is 0. The van der Waals surface area contributed by atoms with Crippen LogP contribution in [-0.2, 0) is 4.74 Å². The lowest BCUT2D eigenvalue weighted by Crippen LogP contribution is -2.53. The molecule has 2 fully saturated rings. The van der Waals surface area contributed by atoms with E-state index in [4.69, 9.17) is 16.3 Å². The maximum absolute atomic E-state index is 5.88. The van der Waals surface area contributed by atoms with Crippen molar-refractivity contribution in [2.24, 2.45) is 0 Å². The molecule has 4 heteroatoms. The van der Waals surface area contributed by atoms with Crippen LogP contribution in [0.1, 0.15) is 25.7 Å². The molecule has 0 N–H and O–H groups in total. The van der Waals surface area contributed by atoms with E-state index in [1.807, 2.05) is 12.1 Å². The van der Waals surface area contributed by atoms with Crippen molar-refractivity contribution >= 4 is 17.4 Å². The van der Waals surface area contributed by atoms with Gasteiger partial charge in [-0.2, -0.15) is 0 Å². The SMILES string of the molecule is Clc1ccc(N2CCOC3CCCCC32)nc1.